The zero-order valence-electron chi connectivity index (χ0n) is 10.6. The summed E-state index contributed by atoms with van der Waals surface area (Å²) < 4.78 is 22.3. The van der Waals surface area contributed by atoms with Crippen LogP contribution in [-0.4, -0.2) is 38.4 Å². The topological polar surface area (TPSA) is 89.3 Å². The average molecular weight is 287 g/mol. The summed E-state index contributed by atoms with van der Waals surface area (Å²) in [5.74, 6) is -0.105. The van der Waals surface area contributed by atoms with Gasteiger partial charge >= 0.3 is 0 Å². The van der Waals surface area contributed by atoms with E-state index in [0.717, 1.165) is 6.42 Å². The van der Waals surface area contributed by atoms with Gasteiger partial charge in [0.25, 0.3) is 0 Å². The van der Waals surface area contributed by atoms with E-state index < -0.39 is 15.9 Å². The number of sulfone groups is 1. The molecule has 5 nitrogen and oxygen atoms in total. The van der Waals surface area contributed by atoms with E-state index in [2.05, 4.69) is 5.32 Å². The SMILES string of the molecule is CCC(C)C(N)C(=O)NCCS(=O)(=O)CC.Cl. The fraction of sp³-hybridized carbons (Fsp3) is 0.900. The normalized spacial score (nSPS) is 14.6. The van der Waals surface area contributed by atoms with Crippen molar-refractivity contribution < 1.29 is 13.2 Å². The molecule has 0 aromatic carbocycles. The number of hydrogen-bond donors (Lipinski definition) is 2. The van der Waals surface area contributed by atoms with Crippen molar-refractivity contribution >= 4 is 28.2 Å². The van der Waals surface area contributed by atoms with Gasteiger partial charge in [-0.05, 0) is 5.92 Å². The standard InChI is InChI=1S/C10H22N2O3S.ClH/c1-4-8(3)9(11)10(13)12-6-7-16(14,15)5-2;/h8-9H,4-7,11H2,1-3H3,(H,12,13);1H. The molecule has 0 aromatic heterocycles. The third-order valence-electron chi connectivity index (χ3n) is 2.71. The molecule has 2 unspecified atom stereocenters. The molecular formula is C10H23ClN2O3S. The van der Waals surface area contributed by atoms with E-state index >= 15 is 0 Å². The Labute approximate surface area is 110 Å². The third-order valence-corrected chi connectivity index (χ3v) is 4.42. The molecule has 0 aliphatic heterocycles. The summed E-state index contributed by atoms with van der Waals surface area (Å²) in [5, 5.41) is 2.54. The number of rotatable bonds is 7. The minimum absolute atomic E-state index is 0. The first-order valence-corrected chi connectivity index (χ1v) is 7.39. The second-order valence-corrected chi connectivity index (χ2v) is 6.41. The van der Waals surface area contributed by atoms with Gasteiger partial charge in [0.15, 0.2) is 9.84 Å². The third kappa shape index (κ3) is 7.57. The van der Waals surface area contributed by atoms with E-state index in [1.165, 1.54) is 0 Å². The van der Waals surface area contributed by atoms with Crippen LogP contribution in [0.1, 0.15) is 27.2 Å². The van der Waals surface area contributed by atoms with Crippen molar-refractivity contribution in [3.05, 3.63) is 0 Å². The Balaban J connectivity index is 0. The van der Waals surface area contributed by atoms with Crippen molar-refractivity contribution in [2.75, 3.05) is 18.1 Å². The van der Waals surface area contributed by atoms with Crippen LogP contribution in [0.4, 0.5) is 0 Å². The number of nitrogens with one attached hydrogen (secondary N) is 1. The van der Waals surface area contributed by atoms with Crippen LogP contribution >= 0.6 is 12.4 Å². The monoisotopic (exact) mass is 286 g/mol. The molecule has 0 rings (SSSR count). The van der Waals surface area contributed by atoms with Crippen molar-refractivity contribution in [3.8, 4) is 0 Å². The predicted octanol–water partition coefficient (Wildman–Crippen LogP) is 0.333. The quantitative estimate of drug-likeness (QED) is 0.706. The Bertz CT molecular complexity index is 320. The second-order valence-electron chi connectivity index (χ2n) is 3.94. The number of carbonyl (C=O) groups excluding carboxylic acids is 1. The number of nitrogens with two attached hydrogens (primary N) is 1. The Morgan fingerprint density at radius 2 is 1.88 bits per heavy atom. The lowest BCUT2D eigenvalue weighted by Gasteiger charge is -2.17. The second kappa shape index (κ2) is 8.72. The number of halogens is 1. The molecular weight excluding hydrogens is 264 g/mol. The van der Waals surface area contributed by atoms with Crippen LogP contribution < -0.4 is 11.1 Å². The van der Waals surface area contributed by atoms with Crippen molar-refractivity contribution in [1.82, 2.24) is 5.32 Å². The molecule has 104 valence electrons. The van der Waals surface area contributed by atoms with Gasteiger partial charge in [-0.3, -0.25) is 4.79 Å². The largest absolute Gasteiger partial charge is 0.354 e. The van der Waals surface area contributed by atoms with Crippen molar-refractivity contribution in [1.29, 1.82) is 0 Å². The highest BCUT2D eigenvalue weighted by Gasteiger charge is 2.19. The summed E-state index contributed by atoms with van der Waals surface area (Å²) in [4.78, 5) is 11.5. The summed E-state index contributed by atoms with van der Waals surface area (Å²) >= 11 is 0. The molecule has 0 aliphatic rings. The highest BCUT2D eigenvalue weighted by atomic mass is 35.5. The van der Waals surface area contributed by atoms with Crippen LogP contribution in [0.25, 0.3) is 0 Å². The molecule has 3 N–H and O–H groups in total. The van der Waals surface area contributed by atoms with Gasteiger partial charge in [0.2, 0.25) is 5.91 Å². The van der Waals surface area contributed by atoms with Crippen LogP contribution in [-0.2, 0) is 14.6 Å². The van der Waals surface area contributed by atoms with E-state index in [-0.39, 0.29) is 42.3 Å². The average Bonchev–Trinajstić information content (AvgIpc) is 2.26. The smallest absolute Gasteiger partial charge is 0.237 e. The van der Waals surface area contributed by atoms with Crippen molar-refractivity contribution in [2.45, 2.75) is 33.2 Å². The number of hydrogen-bond acceptors (Lipinski definition) is 4. The predicted molar refractivity (Wildman–Crippen MR) is 72.0 cm³/mol. The maximum atomic E-state index is 11.5. The number of amides is 1. The van der Waals surface area contributed by atoms with Gasteiger partial charge in [-0.15, -0.1) is 12.4 Å². The molecule has 0 bridgehead atoms. The van der Waals surface area contributed by atoms with E-state index in [0.29, 0.717) is 0 Å². The molecule has 0 saturated carbocycles. The van der Waals surface area contributed by atoms with Gasteiger partial charge in [-0.25, -0.2) is 8.42 Å². The Morgan fingerprint density at radius 1 is 1.35 bits per heavy atom. The van der Waals surface area contributed by atoms with Crippen molar-refractivity contribution in [3.63, 3.8) is 0 Å². The number of carbonyl (C=O) groups is 1. The van der Waals surface area contributed by atoms with Crippen LogP contribution in [0, 0.1) is 5.92 Å². The molecule has 17 heavy (non-hydrogen) atoms. The molecule has 1 amide bonds. The zero-order valence-corrected chi connectivity index (χ0v) is 12.2. The van der Waals surface area contributed by atoms with Gasteiger partial charge < -0.3 is 11.1 Å². The molecule has 0 aliphatic carbocycles. The van der Waals surface area contributed by atoms with Crippen molar-refractivity contribution in [2.24, 2.45) is 11.7 Å². The van der Waals surface area contributed by atoms with Gasteiger partial charge in [0.05, 0.1) is 11.8 Å². The summed E-state index contributed by atoms with van der Waals surface area (Å²) in [6, 6.07) is -0.561. The molecule has 0 saturated heterocycles. The Hall–Kier alpha value is -0.330. The first-order valence-electron chi connectivity index (χ1n) is 5.57. The van der Waals surface area contributed by atoms with Crippen LogP contribution in [0.2, 0.25) is 0 Å². The van der Waals surface area contributed by atoms with Crippen LogP contribution in [0.3, 0.4) is 0 Å². The summed E-state index contributed by atoms with van der Waals surface area (Å²) in [5.41, 5.74) is 5.69. The molecule has 0 heterocycles. The summed E-state index contributed by atoms with van der Waals surface area (Å²) in [6.45, 7) is 5.58. The summed E-state index contributed by atoms with van der Waals surface area (Å²) in [7, 11) is -3.02. The van der Waals surface area contributed by atoms with Crippen LogP contribution in [0.15, 0.2) is 0 Å². The minimum Gasteiger partial charge on any atom is -0.354 e. The first-order chi connectivity index (χ1) is 7.34. The maximum absolute atomic E-state index is 11.5. The van der Waals surface area contributed by atoms with Gasteiger partial charge in [0.1, 0.15) is 0 Å². The molecule has 0 aromatic rings. The van der Waals surface area contributed by atoms with E-state index in [4.69, 9.17) is 5.73 Å². The van der Waals surface area contributed by atoms with Crippen LogP contribution in [0.5, 0.6) is 0 Å². The molecule has 7 heteroatoms. The highest BCUT2D eigenvalue weighted by molar-refractivity contribution is 7.91. The molecule has 0 spiro atoms. The van der Waals surface area contributed by atoms with Gasteiger partial charge in [-0.2, -0.15) is 0 Å². The molecule has 2 atom stereocenters. The highest BCUT2D eigenvalue weighted by Crippen LogP contribution is 2.04. The van der Waals surface area contributed by atoms with E-state index in [9.17, 15) is 13.2 Å². The first kappa shape index (κ1) is 19.0. The molecule has 0 radical (unpaired) electrons. The molecule has 0 fully saturated rings. The Kier molecular flexibility index (Phi) is 9.75. The zero-order chi connectivity index (χ0) is 12.8. The van der Waals surface area contributed by atoms with E-state index in [1.807, 2.05) is 13.8 Å². The van der Waals surface area contributed by atoms with E-state index in [1.54, 1.807) is 6.92 Å². The lowest BCUT2D eigenvalue weighted by atomic mass is 9.99. The maximum Gasteiger partial charge on any atom is 0.237 e. The minimum atomic E-state index is -3.02. The van der Waals surface area contributed by atoms with Gasteiger partial charge in [0, 0.05) is 12.3 Å². The van der Waals surface area contributed by atoms with Gasteiger partial charge in [-0.1, -0.05) is 27.2 Å². The fourth-order valence-corrected chi connectivity index (χ4v) is 1.81. The summed E-state index contributed by atoms with van der Waals surface area (Å²) in [6.07, 6.45) is 0.821. The fourth-order valence-electron chi connectivity index (χ4n) is 1.10. The lowest BCUT2D eigenvalue weighted by molar-refractivity contribution is -0.123. The Morgan fingerprint density at radius 3 is 2.29 bits per heavy atom. The lowest BCUT2D eigenvalue weighted by Crippen LogP contribution is -2.45.